The molecule has 0 aliphatic heterocycles. The summed E-state index contributed by atoms with van der Waals surface area (Å²) in [6.07, 6.45) is -12.9. The van der Waals surface area contributed by atoms with Crippen molar-refractivity contribution in [3.63, 3.8) is 0 Å². The van der Waals surface area contributed by atoms with Crippen molar-refractivity contribution in [2.45, 2.75) is 51.1 Å². The van der Waals surface area contributed by atoms with E-state index in [4.69, 9.17) is 0 Å². The van der Waals surface area contributed by atoms with Gasteiger partial charge in [0.25, 0.3) is 0 Å². The lowest BCUT2D eigenvalue weighted by Gasteiger charge is -2.31. The van der Waals surface area contributed by atoms with E-state index >= 15 is 0 Å². The van der Waals surface area contributed by atoms with Gasteiger partial charge in [0.05, 0.1) is 12.5 Å². The van der Waals surface area contributed by atoms with Gasteiger partial charge in [-0.25, -0.2) is 4.39 Å². The molecule has 0 aromatic heterocycles. The number of ether oxygens (including phenoxy) is 1. The van der Waals surface area contributed by atoms with Crippen LogP contribution >= 0.6 is 0 Å². The van der Waals surface area contributed by atoms with E-state index in [9.17, 15) is 35.5 Å². The summed E-state index contributed by atoms with van der Waals surface area (Å²) in [5.74, 6) is -0.342. The molecule has 0 aromatic rings. The third-order valence-corrected chi connectivity index (χ3v) is 5.79. The van der Waals surface area contributed by atoms with Crippen molar-refractivity contribution in [2.75, 3.05) is 6.61 Å². The van der Waals surface area contributed by atoms with Crippen molar-refractivity contribution in [1.82, 2.24) is 0 Å². The molecule has 0 saturated heterocycles. The van der Waals surface area contributed by atoms with Gasteiger partial charge in [0.15, 0.2) is 0 Å². The summed E-state index contributed by atoms with van der Waals surface area (Å²) in [6.45, 7) is 2.77. The quantitative estimate of drug-likeness (QED) is 0.535. The molecule has 2 bridgehead atoms. The van der Waals surface area contributed by atoms with Gasteiger partial charge < -0.3 is 4.74 Å². The van der Waals surface area contributed by atoms with Gasteiger partial charge in [0.2, 0.25) is 0 Å². The first-order valence-electron chi connectivity index (χ1n) is 7.78. The first kappa shape index (κ1) is 19.3. The van der Waals surface area contributed by atoms with Gasteiger partial charge in [-0.1, -0.05) is 13.8 Å². The van der Waals surface area contributed by atoms with Crippen LogP contribution in [-0.2, 0) is 9.53 Å². The summed E-state index contributed by atoms with van der Waals surface area (Å²) >= 11 is 0. The predicted molar refractivity (Wildman–Crippen MR) is 69.6 cm³/mol. The van der Waals surface area contributed by atoms with Gasteiger partial charge in [0.1, 0.15) is 0 Å². The van der Waals surface area contributed by atoms with E-state index < -0.39 is 42.9 Å². The predicted octanol–water partition coefficient (Wildman–Crippen LogP) is 4.68. The van der Waals surface area contributed by atoms with Crippen molar-refractivity contribution >= 4 is 5.97 Å². The molecule has 2 fully saturated rings. The highest BCUT2D eigenvalue weighted by Gasteiger charge is 2.72. The minimum absolute atomic E-state index is 0.0258. The van der Waals surface area contributed by atoms with Gasteiger partial charge in [-0.2, -0.15) is 26.3 Å². The zero-order valence-electron chi connectivity index (χ0n) is 13.2. The Hall–Kier alpha value is -1.02. The average molecular weight is 364 g/mol. The summed E-state index contributed by atoms with van der Waals surface area (Å²) in [5, 5.41) is 0. The van der Waals surface area contributed by atoms with E-state index in [2.05, 4.69) is 11.7 Å². The Morgan fingerprint density at radius 3 is 1.92 bits per heavy atom. The smallest absolute Gasteiger partial charge is 0.431 e. The minimum atomic E-state index is -6.12. The maximum Gasteiger partial charge on any atom is 0.431 e. The van der Waals surface area contributed by atoms with Crippen molar-refractivity contribution in [3.05, 3.63) is 0 Å². The fraction of sp³-hybridized carbons (Fsp3) is 0.933. The van der Waals surface area contributed by atoms with E-state index in [0.29, 0.717) is 18.3 Å². The van der Waals surface area contributed by atoms with Crippen LogP contribution in [0.1, 0.15) is 33.1 Å². The molecule has 2 saturated carbocycles. The number of carbonyl (C=O) groups is 1. The normalized spacial score (nSPS) is 33.8. The van der Waals surface area contributed by atoms with Gasteiger partial charge in [-0.15, -0.1) is 0 Å². The van der Waals surface area contributed by atoms with Crippen LogP contribution in [0.3, 0.4) is 0 Å². The SMILES string of the molecule is CC1C2CC(C(=O)OCCC(F)(C(F)(F)F)C(F)(F)F)C(C2)C1C. The number of esters is 1. The first-order chi connectivity index (χ1) is 10.8. The maximum atomic E-state index is 13.5. The van der Waals surface area contributed by atoms with Crippen LogP contribution in [0.5, 0.6) is 0 Å². The highest BCUT2D eigenvalue weighted by molar-refractivity contribution is 5.73. The Kier molecular flexibility index (Phi) is 4.87. The molecule has 0 radical (unpaired) electrons. The van der Waals surface area contributed by atoms with E-state index in [-0.39, 0.29) is 11.8 Å². The van der Waals surface area contributed by atoms with Crippen molar-refractivity contribution < 1.29 is 40.3 Å². The van der Waals surface area contributed by atoms with E-state index in [0.717, 1.165) is 6.42 Å². The number of hydrogen-bond donors (Lipinski definition) is 0. The fourth-order valence-electron chi connectivity index (χ4n) is 4.06. The average Bonchev–Trinajstić information content (AvgIpc) is 2.97. The zero-order valence-corrected chi connectivity index (χ0v) is 13.2. The number of carbonyl (C=O) groups excluding carboxylic acids is 1. The minimum Gasteiger partial charge on any atom is -0.465 e. The Morgan fingerprint density at radius 2 is 1.50 bits per heavy atom. The molecule has 5 atom stereocenters. The molecule has 0 N–H and O–H groups in total. The van der Waals surface area contributed by atoms with Crippen LogP contribution in [0, 0.1) is 29.6 Å². The second kappa shape index (κ2) is 6.05. The van der Waals surface area contributed by atoms with E-state index in [1.807, 2.05) is 6.92 Å². The molecule has 5 unspecified atom stereocenters. The van der Waals surface area contributed by atoms with Crippen LogP contribution < -0.4 is 0 Å². The summed E-state index contributed by atoms with van der Waals surface area (Å²) in [4.78, 5) is 12.0. The number of alkyl halides is 7. The summed E-state index contributed by atoms with van der Waals surface area (Å²) in [7, 11) is 0. The molecule has 0 aromatic carbocycles. The lowest BCUT2D eigenvalue weighted by Crippen LogP contribution is -2.53. The van der Waals surface area contributed by atoms with Crippen molar-refractivity contribution in [2.24, 2.45) is 29.6 Å². The largest absolute Gasteiger partial charge is 0.465 e. The van der Waals surface area contributed by atoms with Gasteiger partial charge in [0, 0.05) is 6.42 Å². The van der Waals surface area contributed by atoms with Crippen molar-refractivity contribution in [1.29, 1.82) is 0 Å². The molecule has 0 spiro atoms. The molecule has 2 aliphatic rings. The summed E-state index contributed by atoms with van der Waals surface area (Å²) < 4.78 is 92.5. The highest BCUT2D eigenvalue weighted by atomic mass is 19.4. The molecule has 0 amide bonds. The molecule has 140 valence electrons. The molecule has 2 rings (SSSR count). The van der Waals surface area contributed by atoms with E-state index in [1.54, 1.807) is 0 Å². The third-order valence-electron chi connectivity index (χ3n) is 5.79. The second-order valence-corrected chi connectivity index (χ2v) is 6.93. The van der Waals surface area contributed by atoms with Crippen LogP contribution in [0.4, 0.5) is 30.7 Å². The summed E-state index contributed by atoms with van der Waals surface area (Å²) in [5.41, 5.74) is -5.38. The fourth-order valence-corrected chi connectivity index (χ4v) is 4.06. The van der Waals surface area contributed by atoms with Crippen LogP contribution in [0.25, 0.3) is 0 Å². The molecule has 0 heterocycles. The van der Waals surface area contributed by atoms with Gasteiger partial charge in [-0.05, 0) is 36.5 Å². The van der Waals surface area contributed by atoms with Crippen molar-refractivity contribution in [3.8, 4) is 0 Å². The lowest BCUT2D eigenvalue weighted by atomic mass is 9.76. The number of halogens is 7. The Bertz CT molecular complexity index is 469. The Morgan fingerprint density at radius 1 is 0.958 bits per heavy atom. The molecule has 9 heteroatoms. The molecule has 2 aliphatic carbocycles. The number of rotatable bonds is 4. The zero-order chi connectivity index (χ0) is 18.5. The van der Waals surface area contributed by atoms with Gasteiger partial charge in [-0.3, -0.25) is 4.79 Å². The lowest BCUT2D eigenvalue weighted by molar-refractivity contribution is -0.344. The maximum absolute atomic E-state index is 13.5. The van der Waals surface area contributed by atoms with Gasteiger partial charge >= 0.3 is 24.0 Å². The van der Waals surface area contributed by atoms with Crippen LogP contribution in [-0.4, -0.2) is 30.6 Å². The first-order valence-corrected chi connectivity index (χ1v) is 7.78. The molecule has 2 nitrogen and oxygen atoms in total. The molecule has 24 heavy (non-hydrogen) atoms. The topological polar surface area (TPSA) is 26.3 Å². The standard InChI is InChI=1S/C15H19F7O2/c1-7-8(2)10-5-9(7)6-11(10)12(23)24-4-3-13(16,14(17,18)19)15(20,21)22/h7-11H,3-6H2,1-2H3. The van der Waals surface area contributed by atoms with Crippen LogP contribution in [0.15, 0.2) is 0 Å². The van der Waals surface area contributed by atoms with E-state index in [1.165, 1.54) is 0 Å². The Balaban J connectivity index is 1.93. The van der Waals surface area contributed by atoms with Crippen LogP contribution in [0.2, 0.25) is 0 Å². The number of hydrogen-bond acceptors (Lipinski definition) is 2. The Labute approximate surface area is 134 Å². The monoisotopic (exact) mass is 364 g/mol. The highest BCUT2D eigenvalue weighted by Crippen LogP contribution is 2.55. The molecular weight excluding hydrogens is 345 g/mol. The number of fused-ring (bicyclic) bond motifs is 2. The summed E-state index contributed by atoms with van der Waals surface area (Å²) in [6, 6.07) is 0. The molecular formula is C15H19F7O2. The second-order valence-electron chi connectivity index (χ2n) is 6.93. The third kappa shape index (κ3) is 3.10.